The third-order valence-corrected chi connectivity index (χ3v) is 3.20. The highest BCUT2D eigenvalue weighted by molar-refractivity contribution is 5.76. The van der Waals surface area contributed by atoms with Crippen LogP contribution in [0.25, 0.3) is 0 Å². The fourth-order valence-corrected chi connectivity index (χ4v) is 2.18. The average molecular weight is 246 g/mol. The Morgan fingerprint density at radius 3 is 2.94 bits per heavy atom. The maximum absolute atomic E-state index is 13.2. The van der Waals surface area contributed by atoms with Crippen LogP contribution in [0.1, 0.15) is 36.8 Å². The summed E-state index contributed by atoms with van der Waals surface area (Å²) in [7, 11) is 0. The lowest BCUT2D eigenvalue weighted by Crippen LogP contribution is -2.29. The van der Waals surface area contributed by atoms with Gasteiger partial charge in [0.15, 0.2) is 0 Å². The Bertz CT molecular complexity index is 493. The van der Waals surface area contributed by atoms with Gasteiger partial charge in [-0.2, -0.15) is 5.26 Å². The molecule has 1 heterocycles. The van der Waals surface area contributed by atoms with Gasteiger partial charge in [-0.25, -0.2) is 4.39 Å². The van der Waals surface area contributed by atoms with E-state index >= 15 is 0 Å². The quantitative estimate of drug-likeness (QED) is 0.805. The molecular formula is C14H15FN2O. The van der Waals surface area contributed by atoms with Crippen molar-refractivity contribution in [1.29, 1.82) is 5.26 Å². The largest absolute Gasteiger partial charge is 0.338 e. The summed E-state index contributed by atoms with van der Waals surface area (Å²) in [5, 5.41) is 8.78. The molecule has 0 aliphatic carbocycles. The van der Waals surface area contributed by atoms with Crippen LogP contribution in [0.3, 0.4) is 0 Å². The predicted molar refractivity (Wildman–Crippen MR) is 65.0 cm³/mol. The van der Waals surface area contributed by atoms with Crippen LogP contribution in [0.4, 0.5) is 4.39 Å². The van der Waals surface area contributed by atoms with Crippen LogP contribution in [0.2, 0.25) is 0 Å². The van der Waals surface area contributed by atoms with E-state index in [2.05, 4.69) is 0 Å². The summed E-state index contributed by atoms with van der Waals surface area (Å²) in [5.74, 6) is -0.362. The minimum Gasteiger partial charge on any atom is -0.338 e. The zero-order chi connectivity index (χ0) is 13.0. The number of likely N-dealkylation sites (tertiary alicyclic amines) is 1. The third kappa shape index (κ3) is 2.86. The van der Waals surface area contributed by atoms with Crippen molar-refractivity contribution >= 4 is 5.91 Å². The third-order valence-electron chi connectivity index (χ3n) is 3.20. The smallest absolute Gasteiger partial charge is 0.222 e. The Kier molecular flexibility index (Phi) is 3.93. The van der Waals surface area contributed by atoms with E-state index in [1.165, 1.54) is 12.1 Å². The van der Waals surface area contributed by atoms with E-state index in [4.69, 9.17) is 5.26 Å². The van der Waals surface area contributed by atoms with Crippen LogP contribution < -0.4 is 0 Å². The lowest BCUT2D eigenvalue weighted by molar-refractivity contribution is -0.131. The second-order valence-corrected chi connectivity index (χ2v) is 4.55. The first-order chi connectivity index (χ1) is 8.70. The van der Waals surface area contributed by atoms with Gasteiger partial charge >= 0.3 is 0 Å². The van der Waals surface area contributed by atoms with Gasteiger partial charge in [0, 0.05) is 19.5 Å². The number of nitrogens with zero attached hydrogens (tertiary/aromatic N) is 2. The minimum absolute atomic E-state index is 0.0368. The molecule has 0 radical (unpaired) electrons. The highest BCUT2D eigenvalue weighted by Crippen LogP contribution is 2.16. The molecule has 1 amide bonds. The summed E-state index contributed by atoms with van der Waals surface area (Å²) >= 11 is 0. The first kappa shape index (κ1) is 12.6. The van der Waals surface area contributed by atoms with Gasteiger partial charge in [0.1, 0.15) is 11.9 Å². The summed E-state index contributed by atoms with van der Waals surface area (Å²) in [6.45, 7) is 1.21. The van der Waals surface area contributed by atoms with Crippen molar-refractivity contribution in [2.24, 2.45) is 0 Å². The number of rotatable bonds is 2. The normalized spacial score (nSPS) is 16.2. The number of nitriles is 1. The second-order valence-electron chi connectivity index (χ2n) is 4.55. The molecule has 1 aromatic rings. The Balaban J connectivity index is 2.13. The van der Waals surface area contributed by atoms with Crippen LogP contribution in [-0.4, -0.2) is 17.4 Å². The molecule has 1 saturated heterocycles. The maximum Gasteiger partial charge on any atom is 0.222 e. The lowest BCUT2D eigenvalue weighted by atomic mass is 10.1. The lowest BCUT2D eigenvalue weighted by Gasteiger charge is -2.20. The topological polar surface area (TPSA) is 44.1 Å². The Morgan fingerprint density at radius 1 is 1.33 bits per heavy atom. The molecule has 1 fully saturated rings. The Labute approximate surface area is 106 Å². The molecule has 0 unspecified atom stereocenters. The molecule has 94 valence electrons. The van der Waals surface area contributed by atoms with Crippen molar-refractivity contribution in [3.05, 3.63) is 35.1 Å². The number of halogens is 1. The van der Waals surface area contributed by atoms with Crippen molar-refractivity contribution in [2.75, 3.05) is 6.54 Å². The highest BCUT2D eigenvalue weighted by Gasteiger charge is 2.17. The van der Waals surface area contributed by atoms with E-state index in [0.29, 0.717) is 13.0 Å². The first-order valence-corrected chi connectivity index (χ1v) is 6.17. The predicted octanol–water partition coefficient (Wildman–Crippen LogP) is 2.60. The van der Waals surface area contributed by atoms with Crippen molar-refractivity contribution in [3.8, 4) is 6.07 Å². The van der Waals surface area contributed by atoms with Crippen LogP contribution in [0.5, 0.6) is 0 Å². The van der Waals surface area contributed by atoms with Crippen LogP contribution in [0.15, 0.2) is 18.2 Å². The molecule has 0 atom stereocenters. The van der Waals surface area contributed by atoms with E-state index < -0.39 is 5.82 Å². The van der Waals surface area contributed by atoms with Crippen molar-refractivity contribution in [1.82, 2.24) is 4.90 Å². The first-order valence-electron chi connectivity index (χ1n) is 6.17. The summed E-state index contributed by atoms with van der Waals surface area (Å²) in [6.07, 6.45) is 3.63. The van der Waals surface area contributed by atoms with Gasteiger partial charge in [-0.15, -0.1) is 0 Å². The van der Waals surface area contributed by atoms with E-state index in [1.807, 2.05) is 6.07 Å². The molecular weight excluding hydrogens is 231 g/mol. The molecule has 1 aliphatic heterocycles. The maximum atomic E-state index is 13.2. The SMILES string of the molecule is N#Cc1cc(CN2CCCCCC2=O)ccc1F. The summed E-state index contributed by atoms with van der Waals surface area (Å²) < 4.78 is 13.2. The molecule has 1 aromatic carbocycles. The summed E-state index contributed by atoms with van der Waals surface area (Å²) in [4.78, 5) is 13.6. The number of carbonyl (C=O) groups excluding carboxylic acids is 1. The zero-order valence-corrected chi connectivity index (χ0v) is 10.2. The van der Waals surface area contributed by atoms with Gasteiger partial charge in [0.05, 0.1) is 5.56 Å². The van der Waals surface area contributed by atoms with Gasteiger partial charge in [0.2, 0.25) is 5.91 Å². The van der Waals surface area contributed by atoms with Crippen LogP contribution in [0, 0.1) is 17.1 Å². The van der Waals surface area contributed by atoms with Gasteiger partial charge < -0.3 is 4.90 Å². The van der Waals surface area contributed by atoms with E-state index in [9.17, 15) is 9.18 Å². The molecule has 0 aromatic heterocycles. The number of amides is 1. The fraction of sp³-hybridized carbons (Fsp3) is 0.429. The van der Waals surface area contributed by atoms with Crippen LogP contribution in [-0.2, 0) is 11.3 Å². The molecule has 0 saturated carbocycles. The van der Waals surface area contributed by atoms with Gasteiger partial charge in [-0.05, 0) is 30.5 Å². The van der Waals surface area contributed by atoms with Gasteiger partial charge in [-0.3, -0.25) is 4.79 Å². The standard InChI is InChI=1S/C14H15FN2O/c15-13-6-5-11(8-12(13)9-16)10-17-7-3-1-2-4-14(17)18/h5-6,8H,1-4,7,10H2. The zero-order valence-electron chi connectivity index (χ0n) is 10.2. The Hall–Kier alpha value is -1.89. The van der Waals surface area contributed by atoms with E-state index in [-0.39, 0.29) is 11.5 Å². The summed E-state index contributed by atoms with van der Waals surface area (Å²) in [6, 6.07) is 6.26. The molecule has 0 bridgehead atoms. The van der Waals surface area contributed by atoms with Crippen molar-refractivity contribution in [2.45, 2.75) is 32.2 Å². The van der Waals surface area contributed by atoms with Crippen molar-refractivity contribution in [3.63, 3.8) is 0 Å². The number of hydrogen-bond acceptors (Lipinski definition) is 2. The Morgan fingerprint density at radius 2 is 2.17 bits per heavy atom. The van der Waals surface area contributed by atoms with Gasteiger partial charge in [-0.1, -0.05) is 12.5 Å². The molecule has 0 spiro atoms. The number of hydrogen-bond donors (Lipinski definition) is 0. The number of carbonyl (C=O) groups is 1. The second kappa shape index (κ2) is 5.63. The highest BCUT2D eigenvalue weighted by atomic mass is 19.1. The van der Waals surface area contributed by atoms with Gasteiger partial charge in [0.25, 0.3) is 0 Å². The van der Waals surface area contributed by atoms with Crippen LogP contribution >= 0.6 is 0 Å². The fourth-order valence-electron chi connectivity index (χ4n) is 2.18. The monoisotopic (exact) mass is 246 g/mol. The molecule has 4 heteroatoms. The molecule has 3 nitrogen and oxygen atoms in total. The van der Waals surface area contributed by atoms with E-state index in [1.54, 1.807) is 11.0 Å². The summed E-state index contributed by atoms with van der Waals surface area (Å²) in [5.41, 5.74) is 0.845. The van der Waals surface area contributed by atoms with Crippen molar-refractivity contribution < 1.29 is 9.18 Å². The molecule has 18 heavy (non-hydrogen) atoms. The average Bonchev–Trinajstić information content (AvgIpc) is 2.57. The number of benzene rings is 1. The minimum atomic E-state index is -0.511. The molecule has 1 aliphatic rings. The molecule has 0 N–H and O–H groups in total. The van der Waals surface area contributed by atoms with E-state index in [0.717, 1.165) is 31.4 Å². The molecule has 2 rings (SSSR count).